The van der Waals surface area contributed by atoms with Crippen LogP contribution in [0.2, 0.25) is 0 Å². The van der Waals surface area contributed by atoms with E-state index in [2.05, 4.69) is 25.1 Å². The normalized spacial score (nSPS) is 10.5. The summed E-state index contributed by atoms with van der Waals surface area (Å²) in [6.45, 7) is 2.12. The molecule has 0 fully saturated rings. The minimum absolute atomic E-state index is 0.288. The van der Waals surface area contributed by atoms with Crippen molar-refractivity contribution in [1.29, 1.82) is 0 Å². The van der Waals surface area contributed by atoms with Crippen molar-refractivity contribution in [3.8, 4) is 0 Å². The Kier molecular flexibility index (Phi) is 4.71. The fraction of sp³-hybridized carbons (Fsp3) is 0.312. The van der Waals surface area contributed by atoms with Crippen LogP contribution < -0.4 is 0 Å². The molecule has 0 N–H and O–H groups in total. The molecule has 0 bridgehead atoms. The second-order valence-electron chi connectivity index (χ2n) is 4.38. The first-order chi connectivity index (χ1) is 8.79. The zero-order valence-electron chi connectivity index (χ0n) is 10.7. The van der Waals surface area contributed by atoms with E-state index in [4.69, 9.17) is 0 Å². The molecule has 0 saturated carbocycles. The third-order valence-corrected chi connectivity index (χ3v) is 4.27. The highest BCUT2D eigenvalue weighted by Gasteiger charge is 2.08. The lowest BCUT2D eigenvalue weighted by Crippen LogP contribution is -1.97. The fourth-order valence-electron chi connectivity index (χ4n) is 1.94. The number of rotatable bonds is 6. The predicted molar refractivity (Wildman–Crippen MR) is 77.4 cm³/mol. The third kappa shape index (κ3) is 3.54. The largest absolute Gasteiger partial charge is 0.293 e. The summed E-state index contributed by atoms with van der Waals surface area (Å²) in [6, 6.07) is 14.4. The predicted octanol–water partition coefficient (Wildman–Crippen LogP) is 4.52. The topological polar surface area (TPSA) is 17.1 Å². The van der Waals surface area contributed by atoms with Crippen LogP contribution in [0.3, 0.4) is 0 Å². The molecule has 18 heavy (non-hydrogen) atoms. The molecule has 0 radical (unpaired) electrons. The molecular weight excluding hydrogens is 240 g/mol. The van der Waals surface area contributed by atoms with E-state index in [9.17, 15) is 4.79 Å². The lowest BCUT2D eigenvalue weighted by molar-refractivity contribution is 0.0984. The quantitative estimate of drug-likeness (QED) is 0.696. The molecule has 2 rings (SSSR count). The molecule has 0 aliphatic heterocycles. The first kappa shape index (κ1) is 13.0. The summed E-state index contributed by atoms with van der Waals surface area (Å²) in [4.78, 5) is 14.2. The number of benzene rings is 1. The summed E-state index contributed by atoms with van der Waals surface area (Å²) in [5.74, 6) is 0.288. The van der Waals surface area contributed by atoms with E-state index in [1.165, 1.54) is 10.4 Å². The van der Waals surface area contributed by atoms with Crippen LogP contribution in [0.5, 0.6) is 0 Å². The molecule has 1 nitrogen and oxygen atoms in total. The van der Waals surface area contributed by atoms with Crippen LogP contribution in [0.25, 0.3) is 0 Å². The van der Waals surface area contributed by atoms with Crippen molar-refractivity contribution in [2.45, 2.75) is 32.6 Å². The van der Waals surface area contributed by atoms with E-state index in [0.717, 1.165) is 24.1 Å². The monoisotopic (exact) mass is 258 g/mol. The van der Waals surface area contributed by atoms with Crippen molar-refractivity contribution < 1.29 is 4.79 Å². The van der Waals surface area contributed by atoms with Crippen molar-refractivity contribution in [1.82, 2.24) is 0 Å². The third-order valence-electron chi connectivity index (χ3n) is 3.00. The number of carbonyl (C=O) groups is 1. The van der Waals surface area contributed by atoms with E-state index < -0.39 is 0 Å². The Balaban J connectivity index is 1.81. The van der Waals surface area contributed by atoms with Crippen LogP contribution in [0.1, 0.15) is 39.9 Å². The van der Waals surface area contributed by atoms with Gasteiger partial charge >= 0.3 is 0 Å². The summed E-state index contributed by atoms with van der Waals surface area (Å²) < 4.78 is 0. The highest BCUT2D eigenvalue weighted by Crippen LogP contribution is 2.19. The van der Waals surface area contributed by atoms with E-state index >= 15 is 0 Å². The van der Waals surface area contributed by atoms with E-state index in [1.54, 1.807) is 11.3 Å². The molecule has 0 spiro atoms. The number of hydrogen-bond acceptors (Lipinski definition) is 2. The number of hydrogen-bond donors (Lipinski definition) is 0. The van der Waals surface area contributed by atoms with Crippen LogP contribution in [-0.2, 0) is 12.8 Å². The van der Waals surface area contributed by atoms with Crippen LogP contribution in [0.15, 0.2) is 42.5 Å². The van der Waals surface area contributed by atoms with Gasteiger partial charge in [0, 0.05) is 11.3 Å². The average molecular weight is 258 g/mol. The number of Topliss-reactive ketones (excluding diaryl/α,β-unsaturated/α-hetero) is 1. The molecule has 1 aromatic carbocycles. The first-order valence-corrected chi connectivity index (χ1v) is 7.27. The molecule has 0 aliphatic carbocycles. The van der Waals surface area contributed by atoms with Gasteiger partial charge in [0.05, 0.1) is 4.88 Å². The summed E-state index contributed by atoms with van der Waals surface area (Å²) in [7, 11) is 0. The molecule has 1 aromatic heterocycles. The Morgan fingerprint density at radius 3 is 2.56 bits per heavy atom. The highest BCUT2D eigenvalue weighted by molar-refractivity contribution is 7.14. The van der Waals surface area contributed by atoms with Gasteiger partial charge in [0.1, 0.15) is 0 Å². The van der Waals surface area contributed by atoms with Crippen molar-refractivity contribution in [2.75, 3.05) is 0 Å². The minimum Gasteiger partial charge on any atom is -0.293 e. The van der Waals surface area contributed by atoms with Gasteiger partial charge in [0.15, 0.2) is 5.78 Å². The smallest absolute Gasteiger partial charge is 0.172 e. The van der Waals surface area contributed by atoms with Gasteiger partial charge < -0.3 is 0 Å². The van der Waals surface area contributed by atoms with Gasteiger partial charge in [-0.25, -0.2) is 0 Å². The van der Waals surface area contributed by atoms with Gasteiger partial charge in [-0.15, -0.1) is 11.3 Å². The summed E-state index contributed by atoms with van der Waals surface area (Å²) in [5, 5.41) is 0. The SMILES string of the molecule is CCc1ccc(C(=O)CCCc2ccccc2)s1. The Bertz CT molecular complexity index is 499. The summed E-state index contributed by atoms with van der Waals surface area (Å²) in [6.07, 6.45) is 3.58. The number of ketones is 1. The van der Waals surface area contributed by atoms with Crippen molar-refractivity contribution in [3.63, 3.8) is 0 Å². The molecule has 0 aliphatic rings. The average Bonchev–Trinajstić information content (AvgIpc) is 2.89. The second-order valence-corrected chi connectivity index (χ2v) is 5.55. The first-order valence-electron chi connectivity index (χ1n) is 6.45. The van der Waals surface area contributed by atoms with Gasteiger partial charge in [-0.2, -0.15) is 0 Å². The minimum atomic E-state index is 0.288. The van der Waals surface area contributed by atoms with E-state index in [0.29, 0.717) is 6.42 Å². The maximum Gasteiger partial charge on any atom is 0.172 e. The van der Waals surface area contributed by atoms with Gasteiger partial charge in [0.25, 0.3) is 0 Å². The Hall–Kier alpha value is -1.41. The molecule has 2 heteroatoms. The lowest BCUT2D eigenvalue weighted by Gasteiger charge is -2.00. The second kappa shape index (κ2) is 6.50. The van der Waals surface area contributed by atoms with Crippen LogP contribution in [0, 0.1) is 0 Å². The van der Waals surface area contributed by atoms with Crippen molar-refractivity contribution >= 4 is 17.1 Å². The maximum absolute atomic E-state index is 12.0. The molecule has 0 saturated heterocycles. The van der Waals surface area contributed by atoms with Crippen molar-refractivity contribution in [3.05, 3.63) is 57.8 Å². The standard InChI is InChI=1S/C16H18OS/c1-2-14-11-12-16(18-14)15(17)10-6-9-13-7-4-3-5-8-13/h3-5,7-8,11-12H,2,6,9-10H2,1H3. The molecule has 0 amide bonds. The fourth-order valence-corrected chi connectivity index (χ4v) is 2.85. The van der Waals surface area contributed by atoms with Crippen molar-refractivity contribution in [2.24, 2.45) is 0 Å². The van der Waals surface area contributed by atoms with Gasteiger partial charge in [0.2, 0.25) is 0 Å². The number of aryl methyl sites for hydroxylation is 2. The molecule has 0 unspecified atom stereocenters. The van der Waals surface area contributed by atoms with E-state index in [1.807, 2.05) is 24.3 Å². The number of thiophene rings is 1. The summed E-state index contributed by atoms with van der Waals surface area (Å²) >= 11 is 1.64. The Morgan fingerprint density at radius 2 is 1.89 bits per heavy atom. The molecule has 94 valence electrons. The Morgan fingerprint density at radius 1 is 1.11 bits per heavy atom. The Labute approximate surface area is 112 Å². The van der Waals surface area contributed by atoms with Crippen LogP contribution in [0.4, 0.5) is 0 Å². The van der Waals surface area contributed by atoms with Crippen LogP contribution >= 0.6 is 11.3 Å². The highest BCUT2D eigenvalue weighted by atomic mass is 32.1. The van der Waals surface area contributed by atoms with Gasteiger partial charge in [-0.05, 0) is 37.0 Å². The number of carbonyl (C=O) groups excluding carboxylic acids is 1. The molecule has 0 atom stereocenters. The lowest BCUT2D eigenvalue weighted by atomic mass is 10.1. The van der Waals surface area contributed by atoms with Gasteiger partial charge in [-0.3, -0.25) is 4.79 Å². The van der Waals surface area contributed by atoms with E-state index in [-0.39, 0.29) is 5.78 Å². The van der Waals surface area contributed by atoms with Gasteiger partial charge in [-0.1, -0.05) is 37.3 Å². The molecule has 2 aromatic rings. The van der Waals surface area contributed by atoms with Crippen LogP contribution in [-0.4, -0.2) is 5.78 Å². The summed E-state index contributed by atoms with van der Waals surface area (Å²) in [5.41, 5.74) is 1.31. The molecule has 1 heterocycles. The zero-order valence-corrected chi connectivity index (χ0v) is 11.5. The molecular formula is C16H18OS. The zero-order chi connectivity index (χ0) is 12.8. The maximum atomic E-state index is 12.0.